The van der Waals surface area contributed by atoms with Crippen LogP contribution in [0.25, 0.3) is 0 Å². The molecule has 0 unspecified atom stereocenters. The summed E-state index contributed by atoms with van der Waals surface area (Å²) >= 11 is 11.8. The highest BCUT2D eigenvalue weighted by molar-refractivity contribution is 6.37. The summed E-state index contributed by atoms with van der Waals surface area (Å²) in [6, 6.07) is 16.9. The van der Waals surface area contributed by atoms with E-state index in [2.05, 4.69) is 5.32 Å². The summed E-state index contributed by atoms with van der Waals surface area (Å²) in [6.07, 6.45) is 0. The lowest BCUT2D eigenvalue weighted by Crippen LogP contribution is -2.29. The molecule has 0 radical (unpaired) electrons. The minimum absolute atomic E-state index is 0.0800. The van der Waals surface area contributed by atoms with Crippen molar-refractivity contribution in [3.05, 3.63) is 93.5 Å². The van der Waals surface area contributed by atoms with E-state index in [0.29, 0.717) is 21.8 Å². The molecule has 3 aromatic rings. The number of amides is 3. The number of carbonyl (C=O) groups is 4. The van der Waals surface area contributed by atoms with Gasteiger partial charge in [0.25, 0.3) is 17.7 Å². The van der Waals surface area contributed by atoms with Gasteiger partial charge in [0, 0.05) is 5.02 Å². The van der Waals surface area contributed by atoms with E-state index in [1.54, 1.807) is 30.3 Å². The number of hydrogen-bond acceptors (Lipinski definition) is 5. The van der Waals surface area contributed by atoms with E-state index in [1.165, 1.54) is 36.4 Å². The van der Waals surface area contributed by atoms with Gasteiger partial charge in [-0.25, -0.2) is 9.69 Å². The lowest BCUT2D eigenvalue weighted by Gasteiger charge is -2.15. The van der Waals surface area contributed by atoms with Crippen LogP contribution in [-0.4, -0.2) is 30.3 Å². The fourth-order valence-corrected chi connectivity index (χ4v) is 3.64. The van der Waals surface area contributed by atoms with Crippen molar-refractivity contribution >= 4 is 58.3 Å². The fourth-order valence-electron chi connectivity index (χ4n) is 3.19. The Morgan fingerprint density at radius 3 is 2.22 bits per heavy atom. The van der Waals surface area contributed by atoms with Gasteiger partial charge in [-0.3, -0.25) is 14.4 Å². The number of rotatable bonds is 5. The molecule has 9 heteroatoms. The Balaban J connectivity index is 1.43. The van der Waals surface area contributed by atoms with E-state index >= 15 is 0 Å². The number of esters is 1. The van der Waals surface area contributed by atoms with Crippen LogP contribution >= 0.6 is 23.2 Å². The first kappa shape index (κ1) is 21.5. The van der Waals surface area contributed by atoms with Gasteiger partial charge in [0.15, 0.2) is 6.61 Å². The van der Waals surface area contributed by atoms with Crippen LogP contribution in [0.15, 0.2) is 66.7 Å². The molecule has 0 saturated heterocycles. The zero-order chi connectivity index (χ0) is 22.8. The topological polar surface area (TPSA) is 92.8 Å². The predicted molar refractivity (Wildman–Crippen MR) is 119 cm³/mol. The highest BCUT2D eigenvalue weighted by Gasteiger charge is 2.36. The molecule has 1 N–H and O–H groups in total. The van der Waals surface area contributed by atoms with Gasteiger partial charge in [-0.1, -0.05) is 41.4 Å². The molecular formula is C23H14Cl2N2O5. The quantitative estimate of drug-likeness (QED) is 0.436. The average Bonchev–Trinajstić information content (AvgIpc) is 3.04. The number of carbonyl (C=O) groups excluding carboxylic acids is 4. The number of ether oxygens (including phenoxy) is 1. The van der Waals surface area contributed by atoms with Crippen molar-refractivity contribution in [3.8, 4) is 0 Å². The first-order valence-electron chi connectivity index (χ1n) is 9.35. The van der Waals surface area contributed by atoms with Crippen molar-refractivity contribution in [2.75, 3.05) is 16.8 Å². The second-order valence-electron chi connectivity index (χ2n) is 6.79. The van der Waals surface area contributed by atoms with Gasteiger partial charge in [-0.2, -0.15) is 0 Å². The Kier molecular flexibility index (Phi) is 5.94. The Bertz CT molecular complexity index is 1240. The molecule has 0 fully saturated rings. The summed E-state index contributed by atoms with van der Waals surface area (Å²) in [6.45, 7) is -0.560. The molecular weight excluding hydrogens is 455 g/mol. The van der Waals surface area contributed by atoms with E-state index in [-0.39, 0.29) is 16.3 Å². The van der Waals surface area contributed by atoms with Crippen LogP contribution in [0.1, 0.15) is 31.1 Å². The summed E-state index contributed by atoms with van der Waals surface area (Å²) in [5, 5.41) is 3.17. The van der Waals surface area contributed by atoms with E-state index < -0.39 is 30.3 Å². The van der Waals surface area contributed by atoms with Crippen molar-refractivity contribution in [2.45, 2.75) is 0 Å². The largest absolute Gasteiger partial charge is 0.452 e. The zero-order valence-electron chi connectivity index (χ0n) is 16.3. The smallest absolute Gasteiger partial charge is 0.338 e. The fraction of sp³-hybridized carbons (Fsp3) is 0.0435. The van der Waals surface area contributed by atoms with Crippen molar-refractivity contribution in [1.29, 1.82) is 0 Å². The second kappa shape index (κ2) is 8.82. The molecule has 7 nitrogen and oxygen atoms in total. The molecule has 0 spiro atoms. The van der Waals surface area contributed by atoms with E-state index in [9.17, 15) is 19.2 Å². The molecule has 0 bridgehead atoms. The van der Waals surface area contributed by atoms with Crippen LogP contribution in [0.5, 0.6) is 0 Å². The monoisotopic (exact) mass is 468 g/mol. The van der Waals surface area contributed by atoms with Gasteiger partial charge in [0.2, 0.25) is 0 Å². The third-order valence-electron chi connectivity index (χ3n) is 4.67. The second-order valence-corrected chi connectivity index (χ2v) is 7.63. The van der Waals surface area contributed by atoms with Gasteiger partial charge < -0.3 is 10.1 Å². The number of anilines is 2. The third kappa shape index (κ3) is 4.21. The maximum atomic E-state index is 12.6. The first-order valence-corrected chi connectivity index (χ1v) is 10.1. The minimum atomic E-state index is -0.791. The maximum absolute atomic E-state index is 12.6. The normalized spacial score (nSPS) is 12.5. The Morgan fingerprint density at radius 1 is 0.875 bits per heavy atom. The van der Waals surface area contributed by atoms with Crippen LogP contribution in [0.4, 0.5) is 11.4 Å². The minimum Gasteiger partial charge on any atom is -0.452 e. The Morgan fingerprint density at radius 2 is 1.56 bits per heavy atom. The number of halogens is 2. The number of nitrogens with zero attached hydrogens (tertiary/aromatic N) is 1. The molecule has 1 aliphatic heterocycles. The number of benzene rings is 3. The Hall–Kier alpha value is -3.68. The molecule has 0 atom stereocenters. The molecule has 0 aliphatic carbocycles. The van der Waals surface area contributed by atoms with Gasteiger partial charge in [0.1, 0.15) is 0 Å². The van der Waals surface area contributed by atoms with E-state index in [0.717, 1.165) is 4.90 Å². The third-order valence-corrected chi connectivity index (χ3v) is 5.22. The van der Waals surface area contributed by atoms with Crippen LogP contribution in [0.3, 0.4) is 0 Å². The summed E-state index contributed by atoms with van der Waals surface area (Å²) in [7, 11) is 0. The predicted octanol–water partition coefficient (Wildman–Crippen LogP) is 4.59. The molecule has 32 heavy (non-hydrogen) atoms. The standard InChI is InChI=1S/C23H14Cl2N2O5/c24-14-8-9-19(18(25)11-14)26-20(28)12-32-23(31)13-4-3-5-15(10-13)27-21(29)16-6-1-2-7-17(16)22(27)30/h1-11H,12H2,(H,26,28). The SMILES string of the molecule is O=C(COC(=O)c1cccc(N2C(=O)c3ccccc3C2=O)c1)Nc1ccc(Cl)cc1Cl. The van der Waals surface area contributed by atoms with Crippen LogP contribution in [0, 0.1) is 0 Å². The number of fused-ring (bicyclic) bond motifs is 1. The molecule has 4 rings (SSSR count). The van der Waals surface area contributed by atoms with Gasteiger partial charge in [-0.15, -0.1) is 0 Å². The Labute approximate surface area is 192 Å². The first-order chi connectivity index (χ1) is 15.3. The van der Waals surface area contributed by atoms with Crippen molar-refractivity contribution < 1.29 is 23.9 Å². The molecule has 160 valence electrons. The van der Waals surface area contributed by atoms with Crippen LogP contribution < -0.4 is 10.2 Å². The van der Waals surface area contributed by atoms with Gasteiger partial charge in [-0.05, 0) is 48.5 Å². The lowest BCUT2D eigenvalue weighted by molar-refractivity contribution is -0.119. The lowest BCUT2D eigenvalue weighted by atomic mass is 10.1. The van der Waals surface area contributed by atoms with Gasteiger partial charge in [0.05, 0.1) is 33.1 Å². The summed E-state index contributed by atoms with van der Waals surface area (Å²) < 4.78 is 5.05. The average molecular weight is 469 g/mol. The number of nitrogens with one attached hydrogen (secondary N) is 1. The molecule has 3 amide bonds. The van der Waals surface area contributed by atoms with Crippen LogP contribution in [0.2, 0.25) is 10.0 Å². The molecule has 1 aliphatic rings. The zero-order valence-corrected chi connectivity index (χ0v) is 17.8. The molecule has 1 heterocycles. The molecule has 0 aromatic heterocycles. The van der Waals surface area contributed by atoms with Crippen molar-refractivity contribution in [2.24, 2.45) is 0 Å². The number of imide groups is 1. The molecule has 3 aromatic carbocycles. The summed E-state index contributed by atoms with van der Waals surface area (Å²) in [5.74, 6) is -2.34. The van der Waals surface area contributed by atoms with E-state index in [1.807, 2.05) is 0 Å². The van der Waals surface area contributed by atoms with Crippen LogP contribution in [-0.2, 0) is 9.53 Å². The number of hydrogen-bond donors (Lipinski definition) is 1. The highest BCUT2D eigenvalue weighted by Crippen LogP contribution is 2.29. The molecule has 0 saturated carbocycles. The van der Waals surface area contributed by atoms with Crippen molar-refractivity contribution in [1.82, 2.24) is 0 Å². The van der Waals surface area contributed by atoms with Crippen molar-refractivity contribution in [3.63, 3.8) is 0 Å². The highest BCUT2D eigenvalue weighted by atomic mass is 35.5. The van der Waals surface area contributed by atoms with Gasteiger partial charge >= 0.3 is 5.97 Å². The van der Waals surface area contributed by atoms with E-state index in [4.69, 9.17) is 27.9 Å². The summed E-state index contributed by atoms with van der Waals surface area (Å²) in [4.78, 5) is 50.8. The maximum Gasteiger partial charge on any atom is 0.338 e. The summed E-state index contributed by atoms with van der Waals surface area (Å²) in [5.41, 5.74) is 1.22.